The molecule has 10 heteroatoms. The minimum Gasteiger partial charge on any atom is -0.449 e. The molecule has 1 unspecified atom stereocenters. The summed E-state index contributed by atoms with van der Waals surface area (Å²) in [7, 11) is 3.12. The van der Waals surface area contributed by atoms with Gasteiger partial charge in [0, 0.05) is 51.3 Å². The number of anilines is 2. The van der Waals surface area contributed by atoms with Gasteiger partial charge in [-0.05, 0) is 59.4 Å². The third-order valence-electron chi connectivity index (χ3n) is 6.04. The number of alkyl carbamates (subject to hydrolysis) is 1. The number of unbranched alkanes of at least 4 members (excludes halogenated alkanes) is 1. The minimum absolute atomic E-state index is 0.0142. The van der Waals surface area contributed by atoms with Crippen LogP contribution < -0.4 is 16.0 Å². The smallest absolute Gasteiger partial charge is 0.406 e. The van der Waals surface area contributed by atoms with Crippen LogP contribution in [0, 0.1) is 0 Å². The van der Waals surface area contributed by atoms with E-state index in [1.807, 2.05) is 36.4 Å². The van der Waals surface area contributed by atoms with Crippen molar-refractivity contribution in [2.75, 3.05) is 64.4 Å². The average Bonchev–Trinajstić information content (AvgIpc) is 3.21. The molecule has 2 aromatic carbocycles. The highest BCUT2D eigenvalue weighted by atomic mass is 16.5. The fourth-order valence-corrected chi connectivity index (χ4v) is 4.20. The number of carbonyl (C=O) groups is 3. The van der Waals surface area contributed by atoms with Gasteiger partial charge in [0.05, 0.1) is 0 Å². The van der Waals surface area contributed by atoms with E-state index in [4.69, 9.17) is 18.9 Å². The molecule has 0 spiro atoms. The van der Waals surface area contributed by atoms with Crippen molar-refractivity contribution in [2.24, 2.45) is 0 Å². The Morgan fingerprint density at radius 3 is 1.87 bits per heavy atom. The van der Waals surface area contributed by atoms with E-state index in [0.29, 0.717) is 37.6 Å². The summed E-state index contributed by atoms with van der Waals surface area (Å²) in [6.07, 6.45) is 2.08. The van der Waals surface area contributed by atoms with Crippen LogP contribution in [0.5, 0.6) is 0 Å². The second-order valence-electron chi connectivity index (χ2n) is 8.91. The fraction of sp³-hybridized carbons (Fsp3) is 0.464. The zero-order valence-electron chi connectivity index (χ0n) is 22.3. The lowest BCUT2D eigenvalue weighted by Crippen LogP contribution is -2.22. The second-order valence-corrected chi connectivity index (χ2v) is 8.91. The van der Waals surface area contributed by atoms with Crippen LogP contribution in [0.3, 0.4) is 0 Å². The van der Waals surface area contributed by atoms with Crippen molar-refractivity contribution in [3.8, 4) is 11.1 Å². The van der Waals surface area contributed by atoms with Gasteiger partial charge >= 0.3 is 6.09 Å². The Balaban J connectivity index is 1.74. The van der Waals surface area contributed by atoms with Crippen LogP contribution in [-0.4, -0.2) is 71.7 Å². The molecule has 3 amide bonds. The first-order valence-electron chi connectivity index (χ1n) is 12.8. The lowest BCUT2D eigenvalue weighted by atomic mass is 9.97. The van der Waals surface area contributed by atoms with Crippen LogP contribution in [0.25, 0.3) is 11.1 Å². The Morgan fingerprint density at radius 2 is 1.37 bits per heavy atom. The van der Waals surface area contributed by atoms with Crippen LogP contribution >= 0.6 is 0 Å². The molecule has 3 N–H and O–H groups in total. The van der Waals surface area contributed by atoms with Gasteiger partial charge in [0.25, 0.3) is 0 Å². The normalized spacial score (nSPS) is 13.4. The minimum atomic E-state index is -0.538. The molecule has 0 fully saturated rings. The zero-order chi connectivity index (χ0) is 27.3. The molecule has 1 aliphatic carbocycles. The van der Waals surface area contributed by atoms with Crippen molar-refractivity contribution in [1.29, 1.82) is 0 Å². The van der Waals surface area contributed by atoms with Gasteiger partial charge in [0.2, 0.25) is 11.8 Å². The SMILES string of the molecule is CCCCOCC(=O)Nc1ccc2c(c1)C(COC(=O)NC)c1cc(NC(=O)COCCCOC)ccc1-2. The van der Waals surface area contributed by atoms with E-state index >= 15 is 0 Å². The van der Waals surface area contributed by atoms with Crippen molar-refractivity contribution >= 4 is 29.3 Å². The summed E-state index contributed by atoms with van der Waals surface area (Å²) in [4.78, 5) is 36.5. The molecule has 0 bridgehead atoms. The van der Waals surface area contributed by atoms with Crippen molar-refractivity contribution in [1.82, 2.24) is 5.32 Å². The molecule has 3 rings (SSSR count). The molecule has 0 saturated heterocycles. The van der Waals surface area contributed by atoms with Gasteiger partial charge in [0.1, 0.15) is 19.8 Å². The van der Waals surface area contributed by atoms with Crippen LogP contribution in [0.2, 0.25) is 0 Å². The van der Waals surface area contributed by atoms with E-state index in [1.54, 1.807) is 7.11 Å². The quantitative estimate of drug-likeness (QED) is 0.300. The summed E-state index contributed by atoms with van der Waals surface area (Å²) < 4.78 is 21.2. The highest BCUT2D eigenvalue weighted by molar-refractivity contribution is 5.94. The summed E-state index contributed by atoms with van der Waals surface area (Å²) >= 11 is 0. The number of nitrogens with one attached hydrogen (secondary N) is 3. The standard InChI is InChI=1S/C28H37N3O7/c1-4-5-12-36-17-26(32)30-19-7-9-21-22-10-8-20(31-27(33)18-37-13-6-11-35-3)15-24(22)25(23(21)14-19)16-38-28(34)29-2/h7-10,14-15,25H,4-6,11-13,16-18H2,1-3H3,(H,29,34)(H,30,32)(H,31,33). The van der Waals surface area contributed by atoms with Gasteiger partial charge in [-0.15, -0.1) is 0 Å². The number of amides is 3. The molecule has 0 aliphatic heterocycles. The number of benzene rings is 2. The summed E-state index contributed by atoms with van der Waals surface area (Å²) in [5.41, 5.74) is 5.02. The number of hydrogen-bond donors (Lipinski definition) is 3. The molecule has 10 nitrogen and oxygen atoms in total. The lowest BCUT2D eigenvalue weighted by molar-refractivity contribution is -0.121. The third-order valence-corrected chi connectivity index (χ3v) is 6.04. The van der Waals surface area contributed by atoms with Gasteiger partial charge in [-0.25, -0.2) is 4.79 Å². The van der Waals surface area contributed by atoms with E-state index in [-0.39, 0.29) is 37.6 Å². The van der Waals surface area contributed by atoms with Gasteiger partial charge in [-0.2, -0.15) is 0 Å². The Labute approximate surface area is 223 Å². The van der Waals surface area contributed by atoms with Gasteiger partial charge in [-0.1, -0.05) is 25.5 Å². The number of methoxy groups -OCH3 is 1. The van der Waals surface area contributed by atoms with Gasteiger partial charge < -0.3 is 34.9 Å². The molecule has 206 valence electrons. The highest BCUT2D eigenvalue weighted by Gasteiger charge is 2.30. The predicted molar refractivity (Wildman–Crippen MR) is 144 cm³/mol. The summed E-state index contributed by atoms with van der Waals surface area (Å²) in [6, 6.07) is 11.3. The number of carbonyl (C=O) groups excluding carboxylic acids is 3. The van der Waals surface area contributed by atoms with E-state index in [0.717, 1.165) is 35.1 Å². The second kappa shape index (κ2) is 15.1. The van der Waals surface area contributed by atoms with E-state index in [2.05, 4.69) is 22.9 Å². The fourth-order valence-electron chi connectivity index (χ4n) is 4.20. The highest BCUT2D eigenvalue weighted by Crippen LogP contribution is 2.46. The van der Waals surface area contributed by atoms with Crippen molar-refractivity contribution in [3.05, 3.63) is 47.5 Å². The number of fused-ring (bicyclic) bond motifs is 3. The summed E-state index contributed by atoms with van der Waals surface area (Å²) in [6.45, 7) is 3.63. The van der Waals surface area contributed by atoms with Crippen molar-refractivity contribution in [3.63, 3.8) is 0 Å². The van der Waals surface area contributed by atoms with Crippen LogP contribution in [0.1, 0.15) is 43.2 Å². The first kappa shape index (κ1) is 29.1. The summed E-state index contributed by atoms with van der Waals surface area (Å²) in [5.74, 6) is -0.775. The molecule has 1 aliphatic rings. The van der Waals surface area contributed by atoms with E-state index in [9.17, 15) is 14.4 Å². The molecule has 1 atom stereocenters. The topological polar surface area (TPSA) is 124 Å². The zero-order valence-corrected chi connectivity index (χ0v) is 22.3. The van der Waals surface area contributed by atoms with Crippen molar-refractivity contribution in [2.45, 2.75) is 32.1 Å². The molecular formula is C28H37N3O7. The Kier molecular flexibility index (Phi) is 11.5. The largest absolute Gasteiger partial charge is 0.449 e. The summed E-state index contributed by atoms with van der Waals surface area (Å²) in [5, 5.41) is 8.21. The maximum Gasteiger partial charge on any atom is 0.406 e. The molecule has 0 radical (unpaired) electrons. The average molecular weight is 528 g/mol. The number of ether oxygens (including phenoxy) is 4. The number of rotatable bonds is 15. The van der Waals surface area contributed by atoms with Gasteiger partial charge in [-0.3, -0.25) is 9.59 Å². The molecule has 0 aromatic heterocycles. The van der Waals surface area contributed by atoms with Crippen LogP contribution in [-0.2, 0) is 28.5 Å². The monoisotopic (exact) mass is 527 g/mol. The molecule has 0 heterocycles. The van der Waals surface area contributed by atoms with Crippen molar-refractivity contribution < 1.29 is 33.3 Å². The predicted octanol–water partition coefficient (Wildman–Crippen LogP) is 3.90. The maximum atomic E-state index is 12.4. The van der Waals surface area contributed by atoms with Crippen LogP contribution in [0.15, 0.2) is 36.4 Å². The molecule has 38 heavy (non-hydrogen) atoms. The third kappa shape index (κ3) is 8.27. The van der Waals surface area contributed by atoms with Gasteiger partial charge in [0.15, 0.2) is 0 Å². The maximum absolute atomic E-state index is 12.4. The first-order chi connectivity index (χ1) is 18.5. The Morgan fingerprint density at radius 1 is 0.816 bits per heavy atom. The van der Waals surface area contributed by atoms with E-state index in [1.165, 1.54) is 7.05 Å². The molecular weight excluding hydrogens is 490 g/mol. The Hall–Kier alpha value is -3.47. The first-order valence-corrected chi connectivity index (χ1v) is 12.8. The Bertz CT molecular complexity index is 1110. The van der Waals surface area contributed by atoms with E-state index < -0.39 is 6.09 Å². The molecule has 2 aromatic rings. The van der Waals surface area contributed by atoms with Crippen LogP contribution in [0.4, 0.5) is 16.2 Å². The lowest BCUT2D eigenvalue weighted by Gasteiger charge is -2.16. The molecule has 0 saturated carbocycles. The number of hydrogen-bond acceptors (Lipinski definition) is 7.